The van der Waals surface area contributed by atoms with Crippen molar-refractivity contribution in [3.8, 4) is 0 Å². The van der Waals surface area contributed by atoms with Crippen LogP contribution < -0.4 is 0 Å². The summed E-state index contributed by atoms with van der Waals surface area (Å²) in [5.74, 6) is 0.795. The molecule has 112 valence electrons. The molecule has 0 aliphatic carbocycles. The van der Waals surface area contributed by atoms with Crippen LogP contribution in [-0.2, 0) is 16.2 Å². The second kappa shape index (κ2) is 6.40. The third kappa shape index (κ3) is 3.26. The second-order valence-corrected chi connectivity index (χ2v) is 6.76. The minimum Gasteiger partial charge on any atom is -0.394 e. The standard InChI is InChI=1S/C15H17ClN2O2S/c16-13-3-1-12(2-4-13)15(20-14(9-19)10-21-15)5-7-18-8-6-17-11-18/h1-4,6,8,11,14,19H,5,7,9-10H2/t14-,15-/m1/s1. The van der Waals surface area contributed by atoms with Gasteiger partial charge in [0, 0.05) is 36.1 Å². The molecule has 1 aromatic heterocycles. The Morgan fingerprint density at radius 2 is 2.24 bits per heavy atom. The van der Waals surface area contributed by atoms with E-state index in [0.29, 0.717) is 5.02 Å². The topological polar surface area (TPSA) is 47.3 Å². The number of imidazole rings is 1. The van der Waals surface area contributed by atoms with Gasteiger partial charge in [0.1, 0.15) is 4.93 Å². The van der Waals surface area contributed by atoms with Crippen LogP contribution in [0, 0.1) is 0 Å². The van der Waals surface area contributed by atoms with E-state index in [2.05, 4.69) is 4.98 Å². The monoisotopic (exact) mass is 324 g/mol. The number of nitrogens with zero attached hydrogens (tertiary/aromatic N) is 2. The highest BCUT2D eigenvalue weighted by molar-refractivity contribution is 8.00. The first kappa shape index (κ1) is 14.9. The zero-order valence-corrected chi connectivity index (χ0v) is 13.1. The molecule has 0 spiro atoms. The number of halogens is 1. The fourth-order valence-electron chi connectivity index (χ4n) is 2.48. The van der Waals surface area contributed by atoms with Gasteiger partial charge < -0.3 is 14.4 Å². The van der Waals surface area contributed by atoms with Crippen molar-refractivity contribution >= 4 is 23.4 Å². The van der Waals surface area contributed by atoms with Crippen molar-refractivity contribution in [2.24, 2.45) is 0 Å². The van der Waals surface area contributed by atoms with Gasteiger partial charge in [0.05, 0.1) is 19.0 Å². The molecule has 1 fully saturated rings. The number of aromatic nitrogens is 2. The van der Waals surface area contributed by atoms with E-state index in [1.54, 1.807) is 24.3 Å². The van der Waals surface area contributed by atoms with E-state index in [-0.39, 0.29) is 12.7 Å². The number of thioether (sulfide) groups is 1. The van der Waals surface area contributed by atoms with E-state index >= 15 is 0 Å². The van der Waals surface area contributed by atoms with Crippen LogP contribution in [0.25, 0.3) is 0 Å². The van der Waals surface area contributed by atoms with Gasteiger partial charge in [0.2, 0.25) is 0 Å². The van der Waals surface area contributed by atoms with Crippen LogP contribution in [0.4, 0.5) is 0 Å². The van der Waals surface area contributed by atoms with E-state index in [1.165, 1.54) is 0 Å². The zero-order valence-electron chi connectivity index (χ0n) is 11.5. The summed E-state index contributed by atoms with van der Waals surface area (Å²) in [5, 5.41) is 10.1. The van der Waals surface area contributed by atoms with E-state index in [9.17, 15) is 5.11 Å². The van der Waals surface area contributed by atoms with Crippen molar-refractivity contribution in [2.75, 3.05) is 12.4 Å². The molecular weight excluding hydrogens is 308 g/mol. The molecule has 2 atom stereocenters. The third-order valence-corrected chi connectivity index (χ3v) is 5.40. The van der Waals surface area contributed by atoms with Crippen molar-refractivity contribution in [3.63, 3.8) is 0 Å². The van der Waals surface area contributed by atoms with Crippen LogP contribution in [0.15, 0.2) is 43.0 Å². The van der Waals surface area contributed by atoms with Gasteiger partial charge in [-0.05, 0) is 17.7 Å². The van der Waals surface area contributed by atoms with Crippen molar-refractivity contribution in [3.05, 3.63) is 53.6 Å². The molecule has 6 heteroatoms. The lowest BCUT2D eigenvalue weighted by Gasteiger charge is -2.29. The van der Waals surface area contributed by atoms with Gasteiger partial charge in [-0.3, -0.25) is 0 Å². The molecule has 0 bridgehead atoms. The van der Waals surface area contributed by atoms with Gasteiger partial charge in [0.15, 0.2) is 0 Å². The lowest BCUT2D eigenvalue weighted by molar-refractivity contribution is -0.0405. The lowest BCUT2D eigenvalue weighted by atomic mass is 10.1. The Hall–Kier alpha value is -1.01. The molecule has 2 aromatic rings. The molecular formula is C15H17ClN2O2S. The summed E-state index contributed by atoms with van der Waals surface area (Å²) in [5.41, 5.74) is 1.09. The van der Waals surface area contributed by atoms with E-state index < -0.39 is 4.93 Å². The molecule has 0 unspecified atom stereocenters. The maximum atomic E-state index is 9.37. The number of ether oxygens (including phenoxy) is 1. The zero-order chi connectivity index (χ0) is 14.7. The SMILES string of the molecule is OC[C@@H]1CS[C@](CCn2ccnc2)(c2ccc(Cl)cc2)O1. The average Bonchev–Trinajstić information content (AvgIpc) is 3.16. The Balaban J connectivity index is 1.82. The summed E-state index contributed by atoms with van der Waals surface area (Å²) in [6, 6.07) is 7.77. The second-order valence-electron chi connectivity index (χ2n) is 5.04. The minimum absolute atomic E-state index is 0.0490. The van der Waals surface area contributed by atoms with E-state index in [4.69, 9.17) is 16.3 Å². The maximum absolute atomic E-state index is 9.37. The molecule has 0 amide bonds. The first-order chi connectivity index (χ1) is 10.2. The first-order valence-corrected chi connectivity index (χ1v) is 8.23. The quantitative estimate of drug-likeness (QED) is 0.918. The highest BCUT2D eigenvalue weighted by Gasteiger charge is 2.42. The molecule has 2 heterocycles. The average molecular weight is 325 g/mol. The largest absolute Gasteiger partial charge is 0.394 e. The fraction of sp³-hybridized carbons (Fsp3) is 0.400. The maximum Gasteiger partial charge on any atom is 0.141 e. The highest BCUT2D eigenvalue weighted by Crippen LogP contribution is 2.48. The predicted molar refractivity (Wildman–Crippen MR) is 84.4 cm³/mol. The van der Waals surface area contributed by atoms with Crippen LogP contribution in [-0.4, -0.2) is 33.1 Å². The fourth-order valence-corrected chi connectivity index (χ4v) is 3.98. The van der Waals surface area contributed by atoms with Gasteiger partial charge in [0.25, 0.3) is 0 Å². The summed E-state index contributed by atoms with van der Waals surface area (Å²) in [7, 11) is 0. The van der Waals surface area contributed by atoms with Crippen LogP contribution in [0.1, 0.15) is 12.0 Å². The predicted octanol–water partition coefficient (Wildman–Crippen LogP) is 2.90. The molecule has 1 aromatic carbocycles. The number of aliphatic hydroxyl groups excluding tert-OH is 1. The van der Waals surface area contributed by atoms with Crippen molar-refractivity contribution in [2.45, 2.75) is 24.0 Å². The number of hydrogen-bond acceptors (Lipinski definition) is 4. The van der Waals surface area contributed by atoms with Crippen molar-refractivity contribution in [1.29, 1.82) is 0 Å². The van der Waals surface area contributed by atoms with Gasteiger partial charge in [-0.2, -0.15) is 0 Å². The Kier molecular flexibility index (Phi) is 4.54. The third-order valence-electron chi connectivity index (χ3n) is 3.61. The first-order valence-electron chi connectivity index (χ1n) is 6.86. The van der Waals surface area contributed by atoms with Gasteiger partial charge in [-0.25, -0.2) is 4.98 Å². The minimum atomic E-state index is -0.428. The molecule has 4 nitrogen and oxygen atoms in total. The van der Waals surface area contributed by atoms with Crippen LogP contribution >= 0.6 is 23.4 Å². The molecule has 1 aliphatic rings. The number of hydrogen-bond donors (Lipinski definition) is 1. The number of aryl methyl sites for hydroxylation is 1. The van der Waals surface area contributed by atoms with Gasteiger partial charge >= 0.3 is 0 Å². The normalized spacial score (nSPS) is 25.3. The Morgan fingerprint density at radius 3 is 2.86 bits per heavy atom. The van der Waals surface area contributed by atoms with E-state index in [0.717, 1.165) is 24.3 Å². The summed E-state index contributed by atoms with van der Waals surface area (Å²) in [6.45, 7) is 0.862. The van der Waals surface area contributed by atoms with Crippen molar-refractivity contribution < 1.29 is 9.84 Å². The van der Waals surface area contributed by atoms with Crippen LogP contribution in [0.3, 0.4) is 0 Å². The van der Waals surface area contributed by atoms with Gasteiger partial charge in [-0.15, -0.1) is 11.8 Å². The van der Waals surface area contributed by atoms with Crippen LogP contribution in [0.2, 0.25) is 5.02 Å². The van der Waals surface area contributed by atoms with Gasteiger partial charge in [-0.1, -0.05) is 23.7 Å². The Bertz CT molecular complexity index is 576. The molecule has 3 rings (SSSR count). The summed E-state index contributed by atoms with van der Waals surface area (Å²) < 4.78 is 8.19. The molecule has 0 saturated carbocycles. The molecule has 1 saturated heterocycles. The molecule has 0 radical (unpaired) electrons. The number of aliphatic hydroxyl groups is 1. The lowest BCUT2D eigenvalue weighted by Crippen LogP contribution is -2.27. The number of rotatable bonds is 5. The number of benzene rings is 1. The molecule has 21 heavy (non-hydrogen) atoms. The summed E-state index contributed by atoms with van der Waals surface area (Å²) in [6.07, 6.45) is 6.21. The van der Waals surface area contributed by atoms with Crippen molar-refractivity contribution in [1.82, 2.24) is 9.55 Å². The van der Waals surface area contributed by atoms with Crippen LogP contribution in [0.5, 0.6) is 0 Å². The highest BCUT2D eigenvalue weighted by atomic mass is 35.5. The summed E-state index contributed by atoms with van der Waals surface area (Å²) in [4.78, 5) is 3.64. The molecule has 1 N–H and O–H groups in total. The Morgan fingerprint density at radius 1 is 1.43 bits per heavy atom. The summed E-state index contributed by atoms with van der Waals surface area (Å²) >= 11 is 7.72. The smallest absolute Gasteiger partial charge is 0.141 e. The molecule has 1 aliphatic heterocycles. The van der Waals surface area contributed by atoms with E-state index in [1.807, 2.05) is 35.0 Å². The Labute approximate surface area is 133 Å².